The van der Waals surface area contributed by atoms with Crippen molar-refractivity contribution in [1.82, 2.24) is 5.43 Å². The molecule has 1 aromatic rings. The Morgan fingerprint density at radius 3 is 2.76 bits per heavy atom. The van der Waals surface area contributed by atoms with Crippen molar-refractivity contribution in [2.24, 2.45) is 5.84 Å². The second-order valence-corrected chi connectivity index (χ2v) is 4.59. The quantitative estimate of drug-likeness (QED) is 0.441. The first-order valence-electron chi connectivity index (χ1n) is 6.10. The van der Waals surface area contributed by atoms with E-state index in [9.17, 15) is 4.39 Å². The summed E-state index contributed by atoms with van der Waals surface area (Å²) in [5.74, 6) is 5.12. The highest BCUT2D eigenvalue weighted by atomic mass is 35.5. The normalized spacial score (nSPS) is 12.7. The number of rotatable bonds is 7. The van der Waals surface area contributed by atoms with Crippen molar-refractivity contribution < 1.29 is 4.39 Å². The fourth-order valence-electron chi connectivity index (χ4n) is 1.89. The van der Waals surface area contributed by atoms with Crippen molar-refractivity contribution in [3.05, 3.63) is 34.6 Å². The Labute approximate surface area is 107 Å². The molecule has 1 rings (SSSR count). The second-order valence-electron chi connectivity index (χ2n) is 4.21. The number of unbranched alkanes of at least 4 members (excludes halogenated alkanes) is 3. The molecule has 0 aromatic heterocycles. The molecule has 0 amide bonds. The summed E-state index contributed by atoms with van der Waals surface area (Å²) in [5.41, 5.74) is 3.45. The van der Waals surface area contributed by atoms with E-state index in [1.165, 1.54) is 25.3 Å². The molecular formula is C13H20ClFN2. The molecule has 0 saturated heterocycles. The largest absolute Gasteiger partial charge is 0.271 e. The summed E-state index contributed by atoms with van der Waals surface area (Å²) in [6.45, 7) is 2.17. The Hall–Kier alpha value is -0.640. The van der Waals surface area contributed by atoms with Gasteiger partial charge in [-0.1, -0.05) is 56.3 Å². The molecule has 0 aliphatic heterocycles. The van der Waals surface area contributed by atoms with Crippen LogP contribution in [-0.4, -0.2) is 0 Å². The van der Waals surface area contributed by atoms with E-state index < -0.39 is 5.82 Å². The van der Waals surface area contributed by atoms with E-state index in [2.05, 4.69) is 12.3 Å². The molecule has 0 fully saturated rings. The first-order chi connectivity index (χ1) is 8.20. The minimum absolute atomic E-state index is 0.0740. The molecule has 0 heterocycles. The standard InChI is InChI=1S/C13H20ClFN2/c1-2-3-4-5-9-12(17-16)10-7-6-8-11(15)13(10)14/h6-8,12,17H,2-5,9,16H2,1H3. The summed E-state index contributed by atoms with van der Waals surface area (Å²) in [6, 6.07) is 4.76. The molecule has 96 valence electrons. The molecule has 1 unspecified atom stereocenters. The second kappa shape index (κ2) is 7.64. The van der Waals surface area contributed by atoms with Gasteiger partial charge in [0, 0.05) is 6.04 Å². The molecule has 1 atom stereocenters. The Kier molecular flexibility index (Phi) is 6.48. The molecule has 0 aliphatic rings. The summed E-state index contributed by atoms with van der Waals surface area (Å²) in [5, 5.41) is 0.172. The number of halogens is 2. The van der Waals surface area contributed by atoms with Crippen LogP contribution >= 0.6 is 11.6 Å². The molecule has 0 saturated carbocycles. The van der Waals surface area contributed by atoms with E-state index >= 15 is 0 Å². The zero-order valence-electron chi connectivity index (χ0n) is 10.2. The summed E-state index contributed by atoms with van der Waals surface area (Å²) in [6.07, 6.45) is 5.52. The van der Waals surface area contributed by atoms with Crippen molar-refractivity contribution in [3.63, 3.8) is 0 Å². The maximum atomic E-state index is 13.3. The predicted octanol–water partition coefficient (Wildman–Crippen LogP) is 3.95. The van der Waals surface area contributed by atoms with E-state index in [1.54, 1.807) is 6.07 Å². The first kappa shape index (κ1) is 14.4. The average molecular weight is 259 g/mol. The van der Waals surface area contributed by atoms with Crippen LogP contribution in [-0.2, 0) is 0 Å². The fraction of sp³-hybridized carbons (Fsp3) is 0.538. The fourth-order valence-corrected chi connectivity index (χ4v) is 2.15. The van der Waals surface area contributed by atoms with Crippen LogP contribution in [0.4, 0.5) is 4.39 Å². The zero-order valence-corrected chi connectivity index (χ0v) is 10.9. The van der Waals surface area contributed by atoms with Crippen LogP contribution in [0.3, 0.4) is 0 Å². The van der Waals surface area contributed by atoms with Gasteiger partial charge < -0.3 is 0 Å². The lowest BCUT2D eigenvalue weighted by Gasteiger charge is -2.17. The lowest BCUT2D eigenvalue weighted by molar-refractivity contribution is 0.479. The van der Waals surface area contributed by atoms with Crippen molar-refractivity contribution >= 4 is 11.6 Å². The maximum Gasteiger partial charge on any atom is 0.142 e. The van der Waals surface area contributed by atoms with Crippen LogP contribution < -0.4 is 11.3 Å². The molecule has 0 spiro atoms. The predicted molar refractivity (Wildman–Crippen MR) is 70.2 cm³/mol. The van der Waals surface area contributed by atoms with Gasteiger partial charge in [-0.05, 0) is 18.1 Å². The molecule has 3 N–H and O–H groups in total. The number of nitrogens with one attached hydrogen (secondary N) is 1. The van der Waals surface area contributed by atoms with E-state index in [1.807, 2.05) is 6.07 Å². The maximum absolute atomic E-state index is 13.3. The summed E-state index contributed by atoms with van der Waals surface area (Å²) in [7, 11) is 0. The number of hydrazine groups is 1. The van der Waals surface area contributed by atoms with E-state index in [-0.39, 0.29) is 11.1 Å². The molecular weight excluding hydrogens is 239 g/mol. The topological polar surface area (TPSA) is 38.0 Å². The van der Waals surface area contributed by atoms with Crippen LogP contribution in [0.15, 0.2) is 18.2 Å². The van der Waals surface area contributed by atoms with Crippen molar-refractivity contribution in [2.75, 3.05) is 0 Å². The zero-order chi connectivity index (χ0) is 12.7. The third kappa shape index (κ3) is 4.26. The van der Waals surface area contributed by atoms with Crippen LogP contribution in [0, 0.1) is 5.82 Å². The van der Waals surface area contributed by atoms with E-state index in [4.69, 9.17) is 17.4 Å². The average Bonchev–Trinajstić information content (AvgIpc) is 2.34. The lowest BCUT2D eigenvalue weighted by Crippen LogP contribution is -2.28. The van der Waals surface area contributed by atoms with Gasteiger partial charge in [-0.25, -0.2) is 4.39 Å². The molecule has 4 heteroatoms. The van der Waals surface area contributed by atoms with Gasteiger partial charge in [0.2, 0.25) is 0 Å². The molecule has 0 radical (unpaired) electrons. The third-order valence-electron chi connectivity index (χ3n) is 2.90. The van der Waals surface area contributed by atoms with Gasteiger partial charge in [0.25, 0.3) is 0 Å². The van der Waals surface area contributed by atoms with Crippen LogP contribution in [0.2, 0.25) is 5.02 Å². The van der Waals surface area contributed by atoms with Gasteiger partial charge in [-0.15, -0.1) is 0 Å². The monoisotopic (exact) mass is 258 g/mol. The minimum atomic E-state index is -0.391. The van der Waals surface area contributed by atoms with Crippen molar-refractivity contribution in [1.29, 1.82) is 0 Å². The molecule has 17 heavy (non-hydrogen) atoms. The van der Waals surface area contributed by atoms with Crippen LogP contribution in [0.25, 0.3) is 0 Å². The molecule has 1 aromatic carbocycles. The van der Waals surface area contributed by atoms with Gasteiger partial charge >= 0.3 is 0 Å². The highest BCUT2D eigenvalue weighted by molar-refractivity contribution is 6.31. The number of hydrogen-bond acceptors (Lipinski definition) is 2. The van der Waals surface area contributed by atoms with E-state index in [0.29, 0.717) is 0 Å². The Morgan fingerprint density at radius 2 is 2.12 bits per heavy atom. The molecule has 0 bridgehead atoms. The smallest absolute Gasteiger partial charge is 0.142 e. The van der Waals surface area contributed by atoms with Crippen molar-refractivity contribution in [3.8, 4) is 0 Å². The lowest BCUT2D eigenvalue weighted by atomic mass is 10.0. The Morgan fingerprint density at radius 1 is 1.35 bits per heavy atom. The number of nitrogens with two attached hydrogens (primary N) is 1. The van der Waals surface area contributed by atoms with Gasteiger partial charge in [-0.3, -0.25) is 11.3 Å². The molecule has 2 nitrogen and oxygen atoms in total. The highest BCUT2D eigenvalue weighted by Crippen LogP contribution is 2.28. The summed E-state index contributed by atoms with van der Waals surface area (Å²) in [4.78, 5) is 0. The van der Waals surface area contributed by atoms with E-state index in [0.717, 1.165) is 18.4 Å². The number of hydrogen-bond donors (Lipinski definition) is 2. The Balaban J connectivity index is 2.63. The van der Waals surface area contributed by atoms with Crippen LogP contribution in [0.5, 0.6) is 0 Å². The van der Waals surface area contributed by atoms with Gasteiger partial charge in [0.05, 0.1) is 5.02 Å². The van der Waals surface area contributed by atoms with Gasteiger partial charge in [0.1, 0.15) is 5.82 Å². The Bertz CT molecular complexity index is 344. The van der Waals surface area contributed by atoms with Crippen molar-refractivity contribution in [2.45, 2.75) is 45.1 Å². The van der Waals surface area contributed by atoms with Gasteiger partial charge in [-0.2, -0.15) is 0 Å². The van der Waals surface area contributed by atoms with Crippen LogP contribution in [0.1, 0.15) is 50.6 Å². The molecule has 0 aliphatic carbocycles. The SMILES string of the molecule is CCCCCCC(NN)c1cccc(F)c1Cl. The van der Waals surface area contributed by atoms with Gasteiger partial charge in [0.15, 0.2) is 0 Å². The first-order valence-corrected chi connectivity index (χ1v) is 6.48. The highest BCUT2D eigenvalue weighted by Gasteiger charge is 2.15. The third-order valence-corrected chi connectivity index (χ3v) is 3.30. The number of benzene rings is 1. The minimum Gasteiger partial charge on any atom is -0.271 e. The summed E-state index contributed by atoms with van der Waals surface area (Å²) >= 11 is 5.94. The summed E-state index contributed by atoms with van der Waals surface area (Å²) < 4.78 is 13.3.